The number of carbonyl (C=O) groups is 3. The Balaban J connectivity index is 0.00000187. The highest BCUT2D eigenvalue weighted by Crippen LogP contribution is 2.37. The number of ketones is 3. The van der Waals surface area contributed by atoms with E-state index in [1.54, 1.807) is 0 Å². The molecular formula is C38H54O3. The van der Waals surface area contributed by atoms with Crippen LogP contribution in [-0.4, -0.2) is 17.3 Å². The molecule has 0 saturated heterocycles. The number of carbonyl (C=O) groups excluding carboxylic acids is 3. The Labute approximate surface area is 250 Å². The number of benzene rings is 2. The zero-order valence-corrected chi connectivity index (χ0v) is 26.9. The van der Waals surface area contributed by atoms with Crippen molar-refractivity contribution in [3.63, 3.8) is 0 Å². The summed E-state index contributed by atoms with van der Waals surface area (Å²) in [7, 11) is 0. The van der Waals surface area contributed by atoms with Crippen LogP contribution in [0, 0.1) is 24.7 Å². The molecule has 0 aliphatic heterocycles. The van der Waals surface area contributed by atoms with Crippen molar-refractivity contribution in [1.82, 2.24) is 0 Å². The summed E-state index contributed by atoms with van der Waals surface area (Å²) in [5.74, 6) is 0.674. The maximum atomic E-state index is 13.5. The van der Waals surface area contributed by atoms with Crippen LogP contribution in [0.3, 0.4) is 0 Å². The van der Waals surface area contributed by atoms with Gasteiger partial charge in [0, 0.05) is 17.9 Å². The lowest BCUT2D eigenvalue weighted by molar-refractivity contribution is -0.129. The minimum absolute atomic E-state index is 0.0344. The van der Waals surface area contributed by atoms with Gasteiger partial charge in [0.15, 0.2) is 5.78 Å². The summed E-state index contributed by atoms with van der Waals surface area (Å²) in [5.41, 5.74) is 7.24. The third-order valence-electron chi connectivity index (χ3n) is 8.47. The average Bonchev–Trinajstić information content (AvgIpc) is 2.93. The fraction of sp³-hybridized carbons (Fsp3) is 0.553. The normalized spacial score (nSPS) is 16.3. The van der Waals surface area contributed by atoms with Gasteiger partial charge in [-0.1, -0.05) is 101 Å². The number of aryl methyl sites for hydroxylation is 1. The first-order valence-corrected chi connectivity index (χ1v) is 16.0. The molecule has 0 bridgehead atoms. The van der Waals surface area contributed by atoms with Crippen molar-refractivity contribution in [3.05, 3.63) is 81.9 Å². The molecule has 0 amide bonds. The SMILES string of the molecule is C/C=C(\CCc1ccccc1)Cc1ccc2c(c1C)C(=O)CC(CC(CCC)C(CC)C(=O)CC(C)=O)C2.CCC. The van der Waals surface area contributed by atoms with Crippen LogP contribution in [0.25, 0.3) is 0 Å². The lowest BCUT2D eigenvalue weighted by Crippen LogP contribution is -2.30. The molecule has 41 heavy (non-hydrogen) atoms. The van der Waals surface area contributed by atoms with E-state index in [4.69, 9.17) is 0 Å². The third-order valence-corrected chi connectivity index (χ3v) is 8.47. The van der Waals surface area contributed by atoms with Crippen LogP contribution in [0.2, 0.25) is 0 Å². The van der Waals surface area contributed by atoms with E-state index in [2.05, 4.69) is 90.1 Å². The lowest BCUT2D eigenvalue weighted by atomic mass is 9.71. The lowest BCUT2D eigenvalue weighted by Gasteiger charge is -2.32. The van der Waals surface area contributed by atoms with Crippen LogP contribution in [0.1, 0.15) is 126 Å². The van der Waals surface area contributed by atoms with Crippen molar-refractivity contribution in [2.75, 3.05) is 0 Å². The molecule has 0 N–H and O–H groups in total. The fourth-order valence-electron chi connectivity index (χ4n) is 6.49. The number of fused-ring (bicyclic) bond motifs is 1. The molecule has 3 rings (SSSR count). The quantitative estimate of drug-likeness (QED) is 0.171. The summed E-state index contributed by atoms with van der Waals surface area (Å²) >= 11 is 0. The summed E-state index contributed by atoms with van der Waals surface area (Å²) in [6.07, 6.45) is 11.5. The van der Waals surface area contributed by atoms with Crippen molar-refractivity contribution in [2.45, 2.75) is 119 Å². The van der Waals surface area contributed by atoms with Crippen LogP contribution in [0.15, 0.2) is 54.1 Å². The molecule has 0 radical (unpaired) electrons. The van der Waals surface area contributed by atoms with Gasteiger partial charge in [0.1, 0.15) is 11.6 Å². The van der Waals surface area contributed by atoms with Crippen molar-refractivity contribution in [2.24, 2.45) is 17.8 Å². The van der Waals surface area contributed by atoms with Gasteiger partial charge in [0.05, 0.1) is 6.42 Å². The molecule has 3 nitrogen and oxygen atoms in total. The second-order valence-electron chi connectivity index (χ2n) is 12.0. The highest BCUT2D eigenvalue weighted by molar-refractivity contribution is 6.00. The van der Waals surface area contributed by atoms with E-state index in [1.807, 2.05) is 0 Å². The molecule has 0 heterocycles. The molecule has 0 aromatic heterocycles. The van der Waals surface area contributed by atoms with Crippen LogP contribution in [-0.2, 0) is 28.9 Å². The summed E-state index contributed by atoms with van der Waals surface area (Å²) in [6, 6.07) is 15.0. The molecule has 1 aliphatic carbocycles. The second-order valence-corrected chi connectivity index (χ2v) is 12.0. The van der Waals surface area contributed by atoms with Crippen LogP contribution >= 0.6 is 0 Å². The second kappa shape index (κ2) is 17.9. The third kappa shape index (κ3) is 10.5. The van der Waals surface area contributed by atoms with Crippen molar-refractivity contribution in [3.8, 4) is 0 Å². The average molecular weight is 559 g/mol. The van der Waals surface area contributed by atoms with Crippen LogP contribution in [0.4, 0.5) is 0 Å². The summed E-state index contributed by atoms with van der Waals surface area (Å²) in [4.78, 5) is 37.9. The molecule has 0 fully saturated rings. The topological polar surface area (TPSA) is 51.2 Å². The molecule has 224 valence electrons. The zero-order chi connectivity index (χ0) is 30.4. The number of hydrogen-bond acceptors (Lipinski definition) is 3. The summed E-state index contributed by atoms with van der Waals surface area (Å²) in [5, 5.41) is 0. The Kier molecular flexibility index (Phi) is 15.0. The molecule has 3 atom stereocenters. The van der Waals surface area contributed by atoms with E-state index < -0.39 is 0 Å². The Morgan fingerprint density at radius 3 is 2.27 bits per heavy atom. The van der Waals surface area contributed by atoms with E-state index in [1.165, 1.54) is 30.0 Å². The first kappa shape index (κ1) is 34.4. The van der Waals surface area contributed by atoms with Gasteiger partial charge in [-0.2, -0.15) is 0 Å². The minimum Gasteiger partial charge on any atom is -0.300 e. The number of rotatable bonds is 14. The van der Waals surface area contributed by atoms with Crippen molar-refractivity contribution < 1.29 is 14.4 Å². The summed E-state index contributed by atoms with van der Waals surface area (Å²) < 4.78 is 0. The maximum absolute atomic E-state index is 13.5. The van der Waals surface area contributed by atoms with E-state index in [0.29, 0.717) is 6.42 Å². The first-order valence-electron chi connectivity index (χ1n) is 16.0. The first-order chi connectivity index (χ1) is 19.7. The molecule has 3 unspecified atom stereocenters. The maximum Gasteiger partial charge on any atom is 0.163 e. The highest BCUT2D eigenvalue weighted by atomic mass is 16.1. The Bertz CT molecular complexity index is 1160. The van der Waals surface area contributed by atoms with Gasteiger partial charge in [-0.25, -0.2) is 0 Å². The summed E-state index contributed by atoms with van der Waals surface area (Å²) in [6.45, 7) is 14.2. The predicted molar refractivity (Wildman–Crippen MR) is 173 cm³/mol. The molecule has 0 saturated carbocycles. The highest BCUT2D eigenvalue weighted by Gasteiger charge is 2.33. The van der Waals surface area contributed by atoms with E-state index >= 15 is 0 Å². The van der Waals surface area contributed by atoms with Gasteiger partial charge in [0.25, 0.3) is 0 Å². The Hall–Kier alpha value is -2.81. The zero-order valence-electron chi connectivity index (χ0n) is 26.9. The van der Waals surface area contributed by atoms with Crippen molar-refractivity contribution in [1.29, 1.82) is 0 Å². The van der Waals surface area contributed by atoms with Gasteiger partial charge in [-0.05, 0) is 93.4 Å². The molecule has 2 aromatic rings. The van der Waals surface area contributed by atoms with Crippen LogP contribution < -0.4 is 0 Å². The van der Waals surface area contributed by atoms with Crippen LogP contribution in [0.5, 0.6) is 0 Å². The number of hydrogen-bond donors (Lipinski definition) is 0. The van der Waals surface area contributed by atoms with E-state index in [-0.39, 0.29) is 41.5 Å². The minimum atomic E-state index is -0.0883. The number of Topliss-reactive ketones (excluding diaryl/α,β-unsaturated/α-hetero) is 3. The van der Waals surface area contributed by atoms with Gasteiger partial charge in [-0.3, -0.25) is 14.4 Å². The van der Waals surface area contributed by atoms with E-state index in [0.717, 1.165) is 68.1 Å². The van der Waals surface area contributed by atoms with Crippen molar-refractivity contribution >= 4 is 17.3 Å². The molecule has 3 heteroatoms. The van der Waals surface area contributed by atoms with Gasteiger partial charge in [0.2, 0.25) is 0 Å². The number of allylic oxidation sites excluding steroid dienone is 2. The predicted octanol–water partition coefficient (Wildman–Crippen LogP) is 9.66. The van der Waals surface area contributed by atoms with Gasteiger partial charge < -0.3 is 0 Å². The standard InChI is InChI=1S/C35H46O3.C3H8/c1-6-12-30(32(8-3)33(37)19-24(4)36)21-28-22-31-18-17-29(25(5)35(31)34(38)23-28)20-26(7-2)15-16-27-13-10-9-11-14-27;1-3-2/h7,9-11,13-14,17-18,28,30,32H,6,8,12,15-16,19-23H2,1-5H3;3H2,1-2H3/b26-7+;. The van der Waals surface area contributed by atoms with E-state index in [9.17, 15) is 14.4 Å². The Morgan fingerprint density at radius 2 is 1.68 bits per heavy atom. The monoisotopic (exact) mass is 558 g/mol. The fourth-order valence-corrected chi connectivity index (χ4v) is 6.49. The van der Waals surface area contributed by atoms with Gasteiger partial charge >= 0.3 is 0 Å². The smallest absolute Gasteiger partial charge is 0.163 e. The molecule has 1 aliphatic rings. The molecule has 0 spiro atoms. The van der Waals surface area contributed by atoms with Gasteiger partial charge in [-0.15, -0.1) is 0 Å². The molecule has 2 aromatic carbocycles. The largest absolute Gasteiger partial charge is 0.300 e. The molecular weight excluding hydrogens is 504 g/mol. The Morgan fingerprint density at radius 1 is 1.00 bits per heavy atom.